The zero-order valence-corrected chi connectivity index (χ0v) is 12.9. The van der Waals surface area contributed by atoms with E-state index in [0.717, 1.165) is 23.3 Å². The molecule has 2 aromatic rings. The van der Waals surface area contributed by atoms with E-state index in [0.29, 0.717) is 11.1 Å². The van der Waals surface area contributed by atoms with E-state index in [1.807, 2.05) is 25.2 Å². The summed E-state index contributed by atoms with van der Waals surface area (Å²) in [6, 6.07) is 14.7. The molecule has 1 atom stereocenters. The summed E-state index contributed by atoms with van der Waals surface area (Å²) in [6.07, 6.45) is 1.02. The van der Waals surface area contributed by atoms with Crippen LogP contribution in [0.1, 0.15) is 12.5 Å². The molecule has 0 aliphatic rings. The van der Waals surface area contributed by atoms with Crippen molar-refractivity contribution in [3.8, 4) is 16.9 Å². The smallest absolute Gasteiger partial charge is 0.126 e. The number of hydrogen-bond donors (Lipinski definition) is 1. The zero-order valence-electron chi connectivity index (χ0n) is 12.1. The molecule has 0 aliphatic heterocycles. The van der Waals surface area contributed by atoms with Gasteiger partial charge >= 0.3 is 0 Å². The molecule has 0 aromatic heterocycles. The van der Waals surface area contributed by atoms with Crippen molar-refractivity contribution in [1.82, 2.24) is 5.32 Å². The Labute approximate surface area is 125 Å². The van der Waals surface area contributed by atoms with Crippen LogP contribution in [-0.2, 0) is 6.42 Å². The number of nitrogens with one attached hydrogen (secondary N) is 1. The zero-order chi connectivity index (χ0) is 14.5. The number of ether oxygens (including phenoxy) is 1. The molecule has 0 saturated carbocycles. The SMILES string of the molecule is CNC(C)Cc1ccc(-c2cc(Cl)ccc2OC)cc1. The highest BCUT2D eigenvalue weighted by molar-refractivity contribution is 6.31. The Morgan fingerprint density at radius 2 is 1.85 bits per heavy atom. The van der Waals surface area contributed by atoms with Gasteiger partial charge in [0.15, 0.2) is 0 Å². The molecule has 0 spiro atoms. The van der Waals surface area contributed by atoms with Crippen LogP contribution in [-0.4, -0.2) is 20.2 Å². The number of benzene rings is 2. The first-order valence-corrected chi connectivity index (χ1v) is 7.12. The van der Waals surface area contributed by atoms with E-state index in [-0.39, 0.29) is 0 Å². The predicted molar refractivity (Wildman–Crippen MR) is 85.7 cm³/mol. The van der Waals surface area contributed by atoms with Gasteiger partial charge in [0.25, 0.3) is 0 Å². The Morgan fingerprint density at radius 1 is 1.15 bits per heavy atom. The fourth-order valence-corrected chi connectivity index (χ4v) is 2.35. The molecule has 2 nitrogen and oxygen atoms in total. The molecule has 0 heterocycles. The molecule has 0 amide bonds. The van der Waals surface area contributed by atoms with Crippen LogP contribution in [0.3, 0.4) is 0 Å². The highest BCUT2D eigenvalue weighted by Gasteiger charge is 2.07. The number of halogens is 1. The molecule has 1 N–H and O–H groups in total. The lowest BCUT2D eigenvalue weighted by molar-refractivity contribution is 0.416. The lowest BCUT2D eigenvalue weighted by Gasteiger charge is -2.12. The van der Waals surface area contributed by atoms with Crippen LogP contribution in [0.4, 0.5) is 0 Å². The number of hydrogen-bond acceptors (Lipinski definition) is 2. The summed E-state index contributed by atoms with van der Waals surface area (Å²) in [5.41, 5.74) is 3.45. The molecule has 0 radical (unpaired) electrons. The maximum atomic E-state index is 6.08. The molecule has 0 saturated heterocycles. The van der Waals surface area contributed by atoms with Crippen LogP contribution in [0, 0.1) is 0 Å². The number of likely N-dealkylation sites (N-methyl/N-ethyl adjacent to an activating group) is 1. The Morgan fingerprint density at radius 3 is 2.45 bits per heavy atom. The van der Waals surface area contributed by atoms with Gasteiger partial charge in [-0.3, -0.25) is 0 Å². The van der Waals surface area contributed by atoms with E-state index in [1.54, 1.807) is 7.11 Å². The maximum Gasteiger partial charge on any atom is 0.126 e. The minimum absolute atomic E-state index is 0.474. The van der Waals surface area contributed by atoms with E-state index in [1.165, 1.54) is 5.56 Å². The van der Waals surface area contributed by atoms with Gasteiger partial charge < -0.3 is 10.1 Å². The molecule has 2 rings (SSSR count). The monoisotopic (exact) mass is 289 g/mol. The van der Waals surface area contributed by atoms with Gasteiger partial charge in [-0.1, -0.05) is 35.9 Å². The molecule has 0 fully saturated rings. The molecule has 0 aliphatic carbocycles. The van der Waals surface area contributed by atoms with E-state index in [4.69, 9.17) is 16.3 Å². The molecule has 0 bridgehead atoms. The van der Waals surface area contributed by atoms with Crippen molar-refractivity contribution in [3.63, 3.8) is 0 Å². The summed E-state index contributed by atoms with van der Waals surface area (Å²) < 4.78 is 5.40. The Kier molecular flexibility index (Phi) is 5.05. The fourth-order valence-electron chi connectivity index (χ4n) is 2.18. The summed E-state index contributed by atoms with van der Waals surface area (Å²) in [5.74, 6) is 0.839. The van der Waals surface area contributed by atoms with Crippen molar-refractivity contribution in [2.45, 2.75) is 19.4 Å². The molecule has 3 heteroatoms. The first-order valence-electron chi connectivity index (χ1n) is 6.74. The van der Waals surface area contributed by atoms with Gasteiger partial charge in [-0.2, -0.15) is 0 Å². The minimum Gasteiger partial charge on any atom is -0.496 e. The predicted octanol–water partition coefficient (Wildman–Crippen LogP) is 4.17. The van der Waals surface area contributed by atoms with E-state index in [2.05, 4.69) is 36.5 Å². The lowest BCUT2D eigenvalue weighted by Crippen LogP contribution is -2.23. The van der Waals surface area contributed by atoms with E-state index in [9.17, 15) is 0 Å². The third-order valence-electron chi connectivity index (χ3n) is 3.46. The molecule has 1 unspecified atom stereocenters. The highest BCUT2D eigenvalue weighted by Crippen LogP contribution is 2.32. The van der Waals surface area contributed by atoms with Crippen LogP contribution in [0.15, 0.2) is 42.5 Å². The van der Waals surface area contributed by atoms with Gasteiger partial charge in [-0.25, -0.2) is 0 Å². The number of methoxy groups -OCH3 is 1. The third-order valence-corrected chi connectivity index (χ3v) is 3.70. The minimum atomic E-state index is 0.474. The van der Waals surface area contributed by atoms with Crippen molar-refractivity contribution in [2.24, 2.45) is 0 Å². The summed E-state index contributed by atoms with van der Waals surface area (Å²) in [6.45, 7) is 2.17. The standard InChI is InChI=1S/C17H20ClNO/c1-12(19-2)10-13-4-6-14(7-5-13)16-11-15(18)8-9-17(16)20-3/h4-9,11-12,19H,10H2,1-3H3. The van der Waals surface area contributed by atoms with Gasteiger partial charge in [0.1, 0.15) is 5.75 Å². The first kappa shape index (κ1) is 14.9. The third kappa shape index (κ3) is 3.53. The van der Waals surface area contributed by atoms with Crippen molar-refractivity contribution < 1.29 is 4.74 Å². The second-order valence-corrected chi connectivity index (χ2v) is 5.37. The quantitative estimate of drug-likeness (QED) is 0.892. The van der Waals surface area contributed by atoms with Gasteiger partial charge in [0, 0.05) is 16.6 Å². The van der Waals surface area contributed by atoms with Crippen LogP contribution >= 0.6 is 11.6 Å². The van der Waals surface area contributed by atoms with Crippen molar-refractivity contribution in [2.75, 3.05) is 14.2 Å². The second-order valence-electron chi connectivity index (χ2n) is 4.94. The summed E-state index contributed by atoms with van der Waals surface area (Å²) >= 11 is 6.08. The normalized spacial score (nSPS) is 12.2. The van der Waals surface area contributed by atoms with Crippen LogP contribution in [0.2, 0.25) is 5.02 Å². The van der Waals surface area contributed by atoms with Gasteiger partial charge in [0.2, 0.25) is 0 Å². The van der Waals surface area contributed by atoms with Crippen molar-refractivity contribution in [1.29, 1.82) is 0 Å². The maximum absolute atomic E-state index is 6.08. The average molecular weight is 290 g/mol. The van der Waals surface area contributed by atoms with E-state index >= 15 is 0 Å². The molecule has 20 heavy (non-hydrogen) atoms. The summed E-state index contributed by atoms with van der Waals surface area (Å²) in [7, 11) is 3.66. The summed E-state index contributed by atoms with van der Waals surface area (Å²) in [5, 5.41) is 3.96. The Hall–Kier alpha value is -1.51. The summed E-state index contributed by atoms with van der Waals surface area (Å²) in [4.78, 5) is 0. The van der Waals surface area contributed by atoms with E-state index < -0.39 is 0 Å². The van der Waals surface area contributed by atoms with Crippen LogP contribution in [0.25, 0.3) is 11.1 Å². The van der Waals surface area contributed by atoms with Crippen LogP contribution in [0.5, 0.6) is 5.75 Å². The fraction of sp³-hybridized carbons (Fsp3) is 0.294. The topological polar surface area (TPSA) is 21.3 Å². The average Bonchev–Trinajstić information content (AvgIpc) is 2.48. The lowest BCUT2D eigenvalue weighted by atomic mass is 10.0. The van der Waals surface area contributed by atoms with Gasteiger partial charge in [-0.05, 0) is 49.7 Å². The number of rotatable bonds is 5. The van der Waals surface area contributed by atoms with Crippen LogP contribution < -0.4 is 10.1 Å². The molecular formula is C17H20ClNO. The Bertz CT molecular complexity index is 566. The van der Waals surface area contributed by atoms with Crippen molar-refractivity contribution >= 4 is 11.6 Å². The second kappa shape index (κ2) is 6.78. The Balaban J connectivity index is 2.28. The largest absolute Gasteiger partial charge is 0.496 e. The molecule has 2 aromatic carbocycles. The van der Waals surface area contributed by atoms with Gasteiger partial charge in [-0.15, -0.1) is 0 Å². The molecule has 106 valence electrons. The van der Waals surface area contributed by atoms with Crippen molar-refractivity contribution in [3.05, 3.63) is 53.1 Å². The first-order chi connectivity index (χ1) is 9.63. The van der Waals surface area contributed by atoms with Gasteiger partial charge in [0.05, 0.1) is 7.11 Å². The highest BCUT2D eigenvalue weighted by atomic mass is 35.5. The molecular weight excluding hydrogens is 270 g/mol.